The van der Waals surface area contributed by atoms with E-state index in [1.165, 1.54) is 12.1 Å². The van der Waals surface area contributed by atoms with Gasteiger partial charge >= 0.3 is 0 Å². The van der Waals surface area contributed by atoms with Gasteiger partial charge in [0.05, 0.1) is 16.6 Å². The van der Waals surface area contributed by atoms with Crippen molar-refractivity contribution in [2.75, 3.05) is 13.2 Å². The van der Waals surface area contributed by atoms with Crippen molar-refractivity contribution in [1.29, 1.82) is 0 Å². The molecule has 0 aliphatic carbocycles. The normalized spacial score (nSPS) is 20.2. The van der Waals surface area contributed by atoms with Crippen LogP contribution in [0, 0.1) is 10.1 Å². The summed E-state index contributed by atoms with van der Waals surface area (Å²) < 4.78 is 0. The number of nitro benzene ring substituents is 1. The Bertz CT molecular complexity index is 453. The first-order valence-electron chi connectivity index (χ1n) is 5.89. The maximum absolute atomic E-state index is 10.6. The minimum atomic E-state index is -0.456. The average Bonchev–Trinajstić information content (AvgIpc) is 2.78. The van der Waals surface area contributed by atoms with Crippen molar-refractivity contribution in [2.45, 2.75) is 25.4 Å². The van der Waals surface area contributed by atoms with Crippen molar-refractivity contribution in [2.24, 2.45) is 0 Å². The highest BCUT2D eigenvalue weighted by Crippen LogP contribution is 2.26. The smallest absolute Gasteiger partial charge is 0.270 e. The molecule has 18 heavy (non-hydrogen) atoms. The Morgan fingerprint density at radius 1 is 1.56 bits per heavy atom. The molecule has 1 heterocycles. The van der Waals surface area contributed by atoms with E-state index >= 15 is 0 Å². The molecule has 1 aliphatic heterocycles. The molecule has 98 valence electrons. The lowest BCUT2D eigenvalue weighted by molar-refractivity contribution is -0.384. The summed E-state index contributed by atoms with van der Waals surface area (Å²) in [6.45, 7) is 1.70. The van der Waals surface area contributed by atoms with E-state index in [4.69, 9.17) is 11.6 Å². The lowest BCUT2D eigenvalue weighted by Crippen LogP contribution is -2.31. The van der Waals surface area contributed by atoms with Gasteiger partial charge in [-0.1, -0.05) is 11.6 Å². The van der Waals surface area contributed by atoms with E-state index in [0.717, 1.165) is 24.9 Å². The molecule has 1 saturated heterocycles. The minimum Gasteiger partial charge on any atom is -0.395 e. The first-order valence-corrected chi connectivity index (χ1v) is 6.27. The average molecular weight is 271 g/mol. The maximum atomic E-state index is 10.6. The minimum absolute atomic E-state index is 0.00359. The predicted octanol–water partition coefficient (Wildman–Crippen LogP) is 2.20. The molecule has 1 N–H and O–H groups in total. The first-order chi connectivity index (χ1) is 8.61. The maximum Gasteiger partial charge on any atom is 0.270 e. The van der Waals surface area contributed by atoms with E-state index in [0.29, 0.717) is 11.6 Å². The zero-order valence-electron chi connectivity index (χ0n) is 9.88. The van der Waals surface area contributed by atoms with E-state index in [9.17, 15) is 15.2 Å². The van der Waals surface area contributed by atoms with Crippen LogP contribution >= 0.6 is 11.6 Å². The van der Waals surface area contributed by atoms with Crippen molar-refractivity contribution >= 4 is 17.3 Å². The lowest BCUT2D eigenvalue weighted by atomic mass is 10.1. The number of non-ortho nitro benzene ring substituents is 1. The molecule has 6 heteroatoms. The second-order valence-electron chi connectivity index (χ2n) is 4.48. The largest absolute Gasteiger partial charge is 0.395 e. The van der Waals surface area contributed by atoms with E-state index in [-0.39, 0.29) is 18.3 Å². The van der Waals surface area contributed by atoms with Gasteiger partial charge in [0.2, 0.25) is 0 Å². The highest BCUT2D eigenvalue weighted by Gasteiger charge is 2.24. The van der Waals surface area contributed by atoms with Crippen LogP contribution in [0.15, 0.2) is 18.2 Å². The standard InChI is InChI=1S/C12H15ClN2O3/c13-12-6-10(15(17)18)4-3-9(12)7-14-5-1-2-11(14)8-16/h3-4,6,11,16H,1-2,5,7-8H2/t11-/m0/s1. The van der Waals surface area contributed by atoms with Gasteiger partial charge < -0.3 is 5.11 Å². The third-order valence-corrected chi connectivity index (χ3v) is 3.68. The summed E-state index contributed by atoms with van der Waals surface area (Å²) in [5, 5.41) is 20.3. The predicted molar refractivity (Wildman–Crippen MR) is 68.6 cm³/mol. The van der Waals surface area contributed by atoms with Gasteiger partial charge in [0.25, 0.3) is 5.69 Å². The third kappa shape index (κ3) is 2.80. The Kier molecular flexibility index (Phi) is 4.16. The molecule has 1 atom stereocenters. The van der Waals surface area contributed by atoms with Crippen molar-refractivity contribution in [3.05, 3.63) is 38.9 Å². The van der Waals surface area contributed by atoms with Crippen LogP contribution < -0.4 is 0 Å². The van der Waals surface area contributed by atoms with Gasteiger partial charge in [-0.05, 0) is 31.0 Å². The molecule has 2 rings (SSSR count). The highest BCUT2D eigenvalue weighted by atomic mass is 35.5. The summed E-state index contributed by atoms with van der Waals surface area (Å²) in [7, 11) is 0. The second-order valence-corrected chi connectivity index (χ2v) is 4.89. The fourth-order valence-electron chi connectivity index (χ4n) is 2.31. The molecular weight excluding hydrogens is 256 g/mol. The van der Waals surface area contributed by atoms with Gasteiger partial charge in [0, 0.05) is 24.7 Å². The molecule has 0 aromatic heterocycles. The van der Waals surface area contributed by atoms with Crippen LogP contribution in [0.1, 0.15) is 18.4 Å². The molecule has 1 aromatic carbocycles. The fraction of sp³-hybridized carbons (Fsp3) is 0.500. The SMILES string of the molecule is O=[N+]([O-])c1ccc(CN2CCC[C@H]2CO)c(Cl)c1. The summed E-state index contributed by atoms with van der Waals surface area (Å²) in [5.41, 5.74) is 0.867. The number of aliphatic hydroxyl groups is 1. The van der Waals surface area contributed by atoms with Gasteiger partial charge in [0.15, 0.2) is 0 Å². The zero-order chi connectivity index (χ0) is 13.1. The monoisotopic (exact) mass is 270 g/mol. The number of hydrogen-bond acceptors (Lipinski definition) is 4. The fourth-order valence-corrected chi connectivity index (χ4v) is 2.54. The lowest BCUT2D eigenvalue weighted by Gasteiger charge is -2.23. The van der Waals surface area contributed by atoms with Gasteiger partial charge in [-0.2, -0.15) is 0 Å². The molecule has 1 fully saturated rings. The van der Waals surface area contributed by atoms with Crippen LogP contribution in [0.5, 0.6) is 0 Å². The summed E-state index contributed by atoms with van der Waals surface area (Å²) in [6.07, 6.45) is 2.05. The number of likely N-dealkylation sites (tertiary alicyclic amines) is 1. The Labute approximate surface area is 110 Å². The summed E-state index contributed by atoms with van der Waals surface area (Å²) in [4.78, 5) is 12.3. The van der Waals surface area contributed by atoms with Crippen molar-refractivity contribution < 1.29 is 10.0 Å². The van der Waals surface area contributed by atoms with Crippen LogP contribution in [0.3, 0.4) is 0 Å². The van der Waals surface area contributed by atoms with E-state index in [1.54, 1.807) is 6.07 Å². The number of benzene rings is 1. The van der Waals surface area contributed by atoms with E-state index in [1.807, 2.05) is 0 Å². The number of hydrogen-bond donors (Lipinski definition) is 1. The van der Waals surface area contributed by atoms with Crippen molar-refractivity contribution in [1.82, 2.24) is 4.90 Å². The number of aliphatic hydroxyl groups excluding tert-OH is 1. The van der Waals surface area contributed by atoms with Crippen LogP contribution in [-0.4, -0.2) is 34.1 Å². The van der Waals surface area contributed by atoms with Gasteiger partial charge in [-0.15, -0.1) is 0 Å². The molecular formula is C12H15ClN2O3. The van der Waals surface area contributed by atoms with Crippen LogP contribution in [0.4, 0.5) is 5.69 Å². The molecule has 0 saturated carbocycles. The zero-order valence-corrected chi connectivity index (χ0v) is 10.6. The Balaban J connectivity index is 2.12. The second kappa shape index (κ2) is 5.65. The Hall–Kier alpha value is -1.17. The summed E-state index contributed by atoms with van der Waals surface area (Å²) in [5.74, 6) is 0. The van der Waals surface area contributed by atoms with Crippen molar-refractivity contribution in [3.8, 4) is 0 Å². The molecule has 0 amide bonds. The van der Waals surface area contributed by atoms with Crippen LogP contribution in [0.2, 0.25) is 5.02 Å². The molecule has 5 nitrogen and oxygen atoms in total. The van der Waals surface area contributed by atoms with Crippen LogP contribution in [-0.2, 0) is 6.54 Å². The number of rotatable bonds is 4. The molecule has 0 bridgehead atoms. The molecule has 0 spiro atoms. The van der Waals surface area contributed by atoms with Crippen LogP contribution in [0.25, 0.3) is 0 Å². The van der Waals surface area contributed by atoms with Gasteiger partial charge in [-0.25, -0.2) is 0 Å². The van der Waals surface area contributed by atoms with E-state index in [2.05, 4.69) is 4.90 Å². The van der Waals surface area contributed by atoms with Gasteiger partial charge in [-0.3, -0.25) is 15.0 Å². The Morgan fingerprint density at radius 2 is 2.33 bits per heavy atom. The highest BCUT2D eigenvalue weighted by molar-refractivity contribution is 6.31. The summed E-state index contributed by atoms with van der Waals surface area (Å²) >= 11 is 6.05. The number of nitrogens with zero attached hydrogens (tertiary/aromatic N) is 2. The topological polar surface area (TPSA) is 66.6 Å². The first kappa shape index (κ1) is 13.3. The number of halogens is 1. The third-order valence-electron chi connectivity index (χ3n) is 3.33. The quantitative estimate of drug-likeness (QED) is 0.673. The Morgan fingerprint density at radius 3 is 2.94 bits per heavy atom. The summed E-state index contributed by atoms with van der Waals surface area (Å²) in [6, 6.07) is 4.70. The van der Waals surface area contributed by atoms with Gasteiger partial charge in [0.1, 0.15) is 0 Å². The molecule has 1 aromatic rings. The molecule has 1 aliphatic rings. The molecule has 0 unspecified atom stereocenters. The number of nitro groups is 1. The van der Waals surface area contributed by atoms with E-state index < -0.39 is 4.92 Å². The van der Waals surface area contributed by atoms with Crippen molar-refractivity contribution in [3.63, 3.8) is 0 Å². The molecule has 0 radical (unpaired) electrons.